The highest BCUT2D eigenvalue weighted by Gasteiger charge is 2.22. The molecule has 1 aliphatic rings. The number of ether oxygens (including phenoxy) is 1. The summed E-state index contributed by atoms with van der Waals surface area (Å²) in [4.78, 5) is 14.1. The number of rotatable bonds is 11. The molecule has 1 saturated heterocycles. The molecule has 0 aliphatic carbocycles. The molecule has 1 rings (SSSR count). The number of nitrogens with zero attached hydrogens (tertiary/aromatic N) is 1. The molecular weight excluding hydrogens is 286 g/mol. The van der Waals surface area contributed by atoms with Crippen LogP contribution in [0.3, 0.4) is 0 Å². The number of hydrogen-bond donors (Lipinski definition) is 0. The van der Waals surface area contributed by atoms with Crippen LogP contribution in [0.2, 0.25) is 0 Å². The van der Waals surface area contributed by atoms with Crippen LogP contribution in [-0.4, -0.2) is 42.5 Å². The first kappa shape index (κ1) is 18.8. The van der Waals surface area contributed by atoms with Gasteiger partial charge in [0, 0.05) is 25.4 Å². The van der Waals surface area contributed by atoms with Crippen molar-refractivity contribution in [3.05, 3.63) is 0 Å². The lowest BCUT2D eigenvalue weighted by Gasteiger charge is -2.32. The topological polar surface area (TPSA) is 29.5 Å². The van der Waals surface area contributed by atoms with E-state index in [-0.39, 0.29) is 0 Å². The molecule has 3 nitrogen and oxygen atoms in total. The van der Waals surface area contributed by atoms with Gasteiger partial charge in [-0.25, -0.2) is 0 Å². The third kappa shape index (κ3) is 8.67. The fraction of sp³-hybridized carbons (Fsp3) is 0.941. The van der Waals surface area contributed by atoms with Gasteiger partial charge in [0.2, 0.25) is 5.91 Å². The number of carbonyl (C=O) groups is 1. The maximum absolute atomic E-state index is 12.1. The Morgan fingerprint density at radius 2 is 1.71 bits per heavy atom. The third-order valence-electron chi connectivity index (χ3n) is 4.22. The van der Waals surface area contributed by atoms with Crippen molar-refractivity contribution < 1.29 is 9.53 Å². The van der Waals surface area contributed by atoms with Crippen LogP contribution in [-0.2, 0) is 9.53 Å². The summed E-state index contributed by atoms with van der Waals surface area (Å²) < 4.78 is 5.64. The summed E-state index contributed by atoms with van der Waals surface area (Å²) in [6.45, 7) is 4.56. The van der Waals surface area contributed by atoms with Gasteiger partial charge in [-0.2, -0.15) is 0 Å². The Kier molecular flexibility index (Phi) is 11.0. The van der Waals surface area contributed by atoms with Gasteiger partial charge in [0.05, 0.1) is 12.7 Å². The van der Waals surface area contributed by atoms with E-state index < -0.39 is 0 Å². The van der Waals surface area contributed by atoms with Gasteiger partial charge < -0.3 is 9.64 Å². The minimum absolute atomic E-state index is 0.298. The van der Waals surface area contributed by atoms with Gasteiger partial charge in [-0.05, 0) is 19.3 Å². The summed E-state index contributed by atoms with van der Waals surface area (Å²) in [6, 6.07) is 0. The second-order valence-electron chi connectivity index (χ2n) is 6.01. The summed E-state index contributed by atoms with van der Waals surface area (Å²) >= 11 is 5.62. The molecule has 0 unspecified atom stereocenters. The molecule has 21 heavy (non-hydrogen) atoms. The molecule has 0 aromatic carbocycles. The molecule has 0 spiro atoms. The number of alkyl halides is 1. The number of amides is 1. The minimum atomic E-state index is 0.298. The Labute approximate surface area is 135 Å². The van der Waals surface area contributed by atoms with E-state index >= 15 is 0 Å². The quantitative estimate of drug-likeness (QED) is 0.418. The third-order valence-corrected chi connectivity index (χ3v) is 4.37. The standard InChI is InChI=1S/C17H32ClNO2/c1-2-3-4-5-6-7-8-9-17(20)19-13-10-16(11-14-19)21-15-12-18/h16H,2-15H2,1H3. The van der Waals surface area contributed by atoms with Crippen molar-refractivity contribution in [3.63, 3.8) is 0 Å². The summed E-state index contributed by atoms with van der Waals surface area (Å²) in [5.41, 5.74) is 0. The molecule has 0 bridgehead atoms. The summed E-state index contributed by atoms with van der Waals surface area (Å²) in [7, 11) is 0. The van der Waals surface area contributed by atoms with Crippen LogP contribution in [0.1, 0.15) is 71.1 Å². The van der Waals surface area contributed by atoms with Crippen LogP contribution in [0, 0.1) is 0 Å². The maximum atomic E-state index is 12.1. The average Bonchev–Trinajstić information content (AvgIpc) is 2.52. The number of hydrogen-bond acceptors (Lipinski definition) is 2. The molecule has 0 aromatic rings. The van der Waals surface area contributed by atoms with Gasteiger partial charge in [-0.15, -0.1) is 11.6 Å². The highest BCUT2D eigenvalue weighted by atomic mass is 35.5. The normalized spacial score (nSPS) is 16.4. The smallest absolute Gasteiger partial charge is 0.222 e. The first-order valence-electron chi connectivity index (χ1n) is 8.73. The van der Waals surface area contributed by atoms with E-state index in [0.717, 1.165) is 38.8 Å². The Bertz CT molecular complexity index is 266. The molecule has 0 radical (unpaired) electrons. The van der Waals surface area contributed by atoms with E-state index in [1.54, 1.807) is 0 Å². The van der Waals surface area contributed by atoms with Crippen LogP contribution >= 0.6 is 11.6 Å². The molecule has 0 atom stereocenters. The van der Waals surface area contributed by atoms with Gasteiger partial charge in [0.15, 0.2) is 0 Å². The Hall–Kier alpha value is -0.280. The number of piperidine rings is 1. The Balaban J connectivity index is 2.00. The molecule has 0 aromatic heterocycles. The number of likely N-dealkylation sites (tertiary alicyclic amines) is 1. The minimum Gasteiger partial charge on any atom is -0.377 e. The summed E-state index contributed by atoms with van der Waals surface area (Å²) in [5.74, 6) is 0.886. The predicted molar refractivity (Wildman–Crippen MR) is 88.9 cm³/mol. The van der Waals surface area contributed by atoms with Gasteiger partial charge in [-0.1, -0.05) is 45.4 Å². The predicted octanol–water partition coefficient (Wildman–Crippen LogP) is 4.37. The highest BCUT2D eigenvalue weighted by Crippen LogP contribution is 2.16. The van der Waals surface area contributed by atoms with Crippen LogP contribution in [0.4, 0.5) is 0 Å². The Morgan fingerprint density at radius 3 is 2.33 bits per heavy atom. The van der Waals surface area contributed by atoms with Crippen molar-refractivity contribution in [1.29, 1.82) is 0 Å². The lowest BCUT2D eigenvalue weighted by atomic mass is 10.1. The number of carbonyl (C=O) groups excluding carboxylic acids is 1. The van der Waals surface area contributed by atoms with Gasteiger partial charge in [-0.3, -0.25) is 4.79 Å². The largest absolute Gasteiger partial charge is 0.377 e. The maximum Gasteiger partial charge on any atom is 0.222 e. The zero-order valence-corrected chi connectivity index (χ0v) is 14.4. The van der Waals surface area contributed by atoms with E-state index in [9.17, 15) is 4.79 Å². The molecule has 1 aliphatic heterocycles. The monoisotopic (exact) mass is 317 g/mol. The number of halogens is 1. The molecule has 124 valence electrons. The molecule has 0 N–H and O–H groups in total. The molecule has 4 heteroatoms. The second-order valence-corrected chi connectivity index (χ2v) is 6.39. The fourth-order valence-corrected chi connectivity index (χ4v) is 2.96. The molecule has 1 heterocycles. The summed E-state index contributed by atoms with van der Waals surface area (Å²) in [6.07, 6.45) is 11.8. The average molecular weight is 318 g/mol. The fourth-order valence-electron chi connectivity index (χ4n) is 2.87. The zero-order valence-electron chi connectivity index (χ0n) is 13.6. The lowest BCUT2D eigenvalue weighted by molar-refractivity contribution is -0.133. The molecule has 0 saturated carbocycles. The van der Waals surface area contributed by atoms with Crippen molar-refractivity contribution in [1.82, 2.24) is 4.90 Å². The highest BCUT2D eigenvalue weighted by molar-refractivity contribution is 6.17. The SMILES string of the molecule is CCCCCCCCCC(=O)N1CCC(OCCCl)CC1. The van der Waals surface area contributed by atoms with E-state index in [1.807, 2.05) is 4.90 Å². The first-order valence-corrected chi connectivity index (χ1v) is 9.26. The van der Waals surface area contributed by atoms with Crippen molar-refractivity contribution in [2.45, 2.75) is 77.2 Å². The summed E-state index contributed by atoms with van der Waals surface area (Å²) in [5, 5.41) is 0. The van der Waals surface area contributed by atoms with Gasteiger partial charge in [0.1, 0.15) is 0 Å². The van der Waals surface area contributed by atoms with Crippen LogP contribution in [0.25, 0.3) is 0 Å². The molecular formula is C17H32ClNO2. The number of unbranched alkanes of at least 4 members (excludes halogenated alkanes) is 6. The van der Waals surface area contributed by atoms with Gasteiger partial charge in [0.25, 0.3) is 0 Å². The zero-order chi connectivity index (χ0) is 15.3. The van der Waals surface area contributed by atoms with Crippen molar-refractivity contribution in [3.8, 4) is 0 Å². The van der Waals surface area contributed by atoms with Gasteiger partial charge >= 0.3 is 0 Å². The second kappa shape index (κ2) is 12.3. The van der Waals surface area contributed by atoms with Crippen molar-refractivity contribution >= 4 is 17.5 Å². The van der Waals surface area contributed by atoms with E-state index in [1.165, 1.54) is 38.5 Å². The lowest BCUT2D eigenvalue weighted by Crippen LogP contribution is -2.40. The molecule has 1 fully saturated rings. The molecule has 1 amide bonds. The Morgan fingerprint density at radius 1 is 1.10 bits per heavy atom. The van der Waals surface area contributed by atoms with E-state index in [0.29, 0.717) is 24.5 Å². The van der Waals surface area contributed by atoms with Crippen molar-refractivity contribution in [2.24, 2.45) is 0 Å². The van der Waals surface area contributed by atoms with E-state index in [2.05, 4.69) is 6.92 Å². The van der Waals surface area contributed by atoms with Crippen LogP contribution in [0.5, 0.6) is 0 Å². The first-order chi connectivity index (χ1) is 10.3. The van der Waals surface area contributed by atoms with Crippen molar-refractivity contribution in [2.75, 3.05) is 25.6 Å². The van der Waals surface area contributed by atoms with Crippen LogP contribution in [0.15, 0.2) is 0 Å². The van der Waals surface area contributed by atoms with Crippen LogP contribution < -0.4 is 0 Å². The van der Waals surface area contributed by atoms with E-state index in [4.69, 9.17) is 16.3 Å².